The highest BCUT2D eigenvalue weighted by Crippen LogP contribution is 2.20. The van der Waals surface area contributed by atoms with Crippen molar-refractivity contribution in [1.29, 1.82) is 0 Å². The molecule has 30 heavy (non-hydrogen) atoms. The fourth-order valence-corrected chi connectivity index (χ4v) is 3.46. The summed E-state index contributed by atoms with van der Waals surface area (Å²) in [7, 11) is 0. The number of β-amino-alcohol motifs (C(OH)–C–C–N with tert-alkyl or cyclic N) is 1. The number of amides is 1. The van der Waals surface area contributed by atoms with Gasteiger partial charge in [-0.2, -0.15) is 0 Å². The van der Waals surface area contributed by atoms with Crippen LogP contribution in [-0.2, 0) is 6.54 Å². The molecule has 0 unspecified atom stereocenters. The number of aliphatic hydroxyl groups is 1. The van der Waals surface area contributed by atoms with E-state index in [9.17, 15) is 14.3 Å². The van der Waals surface area contributed by atoms with E-state index >= 15 is 0 Å². The molecule has 1 atom stereocenters. The molecule has 1 fully saturated rings. The second-order valence-corrected chi connectivity index (χ2v) is 7.71. The Morgan fingerprint density at radius 3 is 2.80 bits per heavy atom. The number of carbonyl (C=O) groups is 1. The maximum Gasteiger partial charge on any atom is 0.277 e. The number of anilines is 1. The van der Waals surface area contributed by atoms with Gasteiger partial charge in [-0.3, -0.25) is 14.6 Å². The average molecular weight is 437 g/mol. The largest absolute Gasteiger partial charge is 0.447 e. The van der Waals surface area contributed by atoms with Crippen LogP contribution in [0.1, 0.15) is 29.2 Å². The van der Waals surface area contributed by atoms with Crippen LogP contribution in [0, 0.1) is 5.82 Å². The maximum atomic E-state index is 13.2. The number of aliphatic hydroxyl groups excluding tert-OH is 1. The number of oxazole rings is 1. The van der Waals surface area contributed by atoms with Crippen LogP contribution in [0.2, 0.25) is 5.02 Å². The van der Waals surface area contributed by atoms with Gasteiger partial charge in [-0.15, -0.1) is 6.58 Å². The van der Waals surface area contributed by atoms with Gasteiger partial charge in [0, 0.05) is 38.4 Å². The summed E-state index contributed by atoms with van der Waals surface area (Å²) in [5, 5.41) is 12.6. The summed E-state index contributed by atoms with van der Waals surface area (Å²) in [6, 6.07) is 3.95. The van der Waals surface area contributed by atoms with Crippen LogP contribution in [0.15, 0.2) is 41.5 Å². The first-order chi connectivity index (χ1) is 14.4. The van der Waals surface area contributed by atoms with E-state index in [4.69, 9.17) is 16.0 Å². The van der Waals surface area contributed by atoms with Crippen molar-refractivity contribution in [1.82, 2.24) is 14.8 Å². The molecule has 0 saturated carbocycles. The molecule has 1 saturated heterocycles. The van der Waals surface area contributed by atoms with Gasteiger partial charge in [-0.1, -0.05) is 17.7 Å². The van der Waals surface area contributed by atoms with Crippen LogP contribution in [-0.4, -0.2) is 64.6 Å². The molecule has 7 nitrogen and oxygen atoms in total. The van der Waals surface area contributed by atoms with Crippen LogP contribution >= 0.6 is 11.6 Å². The smallest absolute Gasteiger partial charge is 0.277 e. The maximum absolute atomic E-state index is 13.2. The Bertz CT molecular complexity index is 868. The molecular weight excluding hydrogens is 411 g/mol. The Labute approximate surface area is 180 Å². The van der Waals surface area contributed by atoms with E-state index in [0.717, 1.165) is 39.0 Å². The quantitative estimate of drug-likeness (QED) is 0.587. The zero-order valence-corrected chi connectivity index (χ0v) is 17.4. The Hall–Kier alpha value is -2.26. The van der Waals surface area contributed by atoms with Crippen molar-refractivity contribution >= 4 is 23.2 Å². The summed E-state index contributed by atoms with van der Waals surface area (Å²) >= 11 is 5.73. The molecule has 0 spiro atoms. The van der Waals surface area contributed by atoms with E-state index in [1.165, 1.54) is 24.5 Å². The van der Waals surface area contributed by atoms with E-state index in [0.29, 0.717) is 24.7 Å². The van der Waals surface area contributed by atoms with Crippen molar-refractivity contribution < 1.29 is 18.7 Å². The number of benzene rings is 1. The third-order valence-electron chi connectivity index (χ3n) is 4.96. The van der Waals surface area contributed by atoms with Crippen LogP contribution in [0.5, 0.6) is 0 Å². The highest BCUT2D eigenvalue weighted by Gasteiger charge is 2.21. The third-order valence-corrected chi connectivity index (χ3v) is 5.25. The molecule has 0 bridgehead atoms. The van der Waals surface area contributed by atoms with Gasteiger partial charge < -0.3 is 14.8 Å². The first kappa shape index (κ1) is 22.4. The Morgan fingerprint density at radius 2 is 2.10 bits per heavy atom. The summed E-state index contributed by atoms with van der Waals surface area (Å²) < 4.78 is 18.7. The molecule has 1 aliphatic heterocycles. The standard InChI is InChI=1S/C21H26ClFN4O3/c1-2-3-4-16(28)12-26-7-9-27(10-8-26)13-20-25-19(14-30-20)21(29)24-15-5-6-18(23)17(22)11-15/h2,5-6,11,14,16,28H,1,3-4,7-10,12-13H2,(H,24,29)/t16-/m0/s1. The molecule has 1 aromatic heterocycles. The minimum Gasteiger partial charge on any atom is -0.447 e. The van der Waals surface area contributed by atoms with E-state index in [-0.39, 0.29) is 16.8 Å². The summed E-state index contributed by atoms with van der Waals surface area (Å²) in [5.74, 6) is -0.549. The number of nitrogens with one attached hydrogen (secondary N) is 1. The van der Waals surface area contributed by atoms with Gasteiger partial charge in [0.2, 0.25) is 5.89 Å². The lowest BCUT2D eigenvalue weighted by Crippen LogP contribution is -2.48. The number of halogens is 2. The lowest BCUT2D eigenvalue weighted by atomic mass is 10.1. The normalized spacial score (nSPS) is 16.4. The van der Waals surface area contributed by atoms with Gasteiger partial charge in [-0.25, -0.2) is 9.37 Å². The Morgan fingerprint density at radius 1 is 1.37 bits per heavy atom. The van der Waals surface area contributed by atoms with E-state index in [1.807, 2.05) is 6.08 Å². The van der Waals surface area contributed by atoms with E-state index in [1.54, 1.807) is 0 Å². The first-order valence-corrected chi connectivity index (χ1v) is 10.3. The van der Waals surface area contributed by atoms with Crippen LogP contribution < -0.4 is 5.32 Å². The van der Waals surface area contributed by atoms with Crippen molar-refractivity contribution in [3.63, 3.8) is 0 Å². The number of carbonyl (C=O) groups excluding carboxylic acids is 1. The Balaban J connectivity index is 1.46. The molecule has 1 amide bonds. The number of rotatable bonds is 9. The zero-order valence-electron chi connectivity index (χ0n) is 16.7. The molecule has 2 aromatic rings. The van der Waals surface area contributed by atoms with Crippen molar-refractivity contribution in [2.45, 2.75) is 25.5 Å². The molecule has 3 rings (SSSR count). The first-order valence-electron chi connectivity index (χ1n) is 9.89. The van der Waals surface area contributed by atoms with Crippen molar-refractivity contribution in [2.24, 2.45) is 0 Å². The SMILES string of the molecule is C=CCC[C@H](O)CN1CCN(Cc2nc(C(=O)Nc3ccc(F)c(Cl)c3)co2)CC1. The van der Waals surface area contributed by atoms with Crippen molar-refractivity contribution in [3.05, 3.63) is 59.5 Å². The summed E-state index contributed by atoms with van der Waals surface area (Å²) in [6.07, 6.45) is 4.34. The monoisotopic (exact) mass is 436 g/mol. The average Bonchev–Trinajstić information content (AvgIpc) is 3.19. The van der Waals surface area contributed by atoms with Crippen molar-refractivity contribution in [3.8, 4) is 0 Å². The second-order valence-electron chi connectivity index (χ2n) is 7.31. The minimum atomic E-state index is -0.551. The number of nitrogens with zero attached hydrogens (tertiary/aromatic N) is 3. The number of hydrogen-bond donors (Lipinski definition) is 2. The van der Waals surface area contributed by atoms with Gasteiger partial charge in [0.25, 0.3) is 5.91 Å². The van der Waals surface area contributed by atoms with Gasteiger partial charge in [-0.05, 0) is 31.0 Å². The molecule has 2 N–H and O–H groups in total. The van der Waals surface area contributed by atoms with E-state index in [2.05, 4.69) is 26.7 Å². The number of hydrogen-bond acceptors (Lipinski definition) is 6. The van der Waals surface area contributed by atoms with Crippen molar-refractivity contribution in [2.75, 3.05) is 38.0 Å². The molecule has 1 aromatic carbocycles. The predicted molar refractivity (Wildman–Crippen MR) is 113 cm³/mol. The van der Waals surface area contributed by atoms with Crippen LogP contribution in [0.25, 0.3) is 0 Å². The molecule has 0 aliphatic carbocycles. The second kappa shape index (κ2) is 10.7. The summed E-state index contributed by atoms with van der Waals surface area (Å²) in [4.78, 5) is 21.0. The third kappa shape index (κ3) is 6.37. The van der Waals surface area contributed by atoms with Gasteiger partial charge >= 0.3 is 0 Å². The van der Waals surface area contributed by atoms with Crippen LogP contribution in [0.4, 0.5) is 10.1 Å². The van der Waals surface area contributed by atoms with Gasteiger partial charge in [0.15, 0.2) is 5.69 Å². The minimum absolute atomic E-state index is 0.0685. The predicted octanol–water partition coefficient (Wildman–Crippen LogP) is 3.16. The number of piperazine rings is 1. The number of aromatic nitrogens is 1. The van der Waals surface area contributed by atoms with E-state index < -0.39 is 11.7 Å². The number of allylic oxidation sites excluding steroid dienone is 1. The highest BCUT2D eigenvalue weighted by atomic mass is 35.5. The fourth-order valence-electron chi connectivity index (χ4n) is 3.28. The van der Waals surface area contributed by atoms with Crippen LogP contribution in [0.3, 0.4) is 0 Å². The lowest BCUT2D eigenvalue weighted by molar-refractivity contribution is 0.0642. The van der Waals surface area contributed by atoms with Gasteiger partial charge in [0.05, 0.1) is 17.7 Å². The molecule has 2 heterocycles. The van der Waals surface area contributed by atoms with Gasteiger partial charge in [0.1, 0.15) is 12.1 Å². The molecular formula is C21H26ClFN4O3. The Kier molecular flexibility index (Phi) is 7.98. The topological polar surface area (TPSA) is 81.8 Å². The highest BCUT2D eigenvalue weighted by molar-refractivity contribution is 6.31. The molecule has 1 aliphatic rings. The summed E-state index contributed by atoms with van der Waals surface area (Å²) in [6.45, 7) is 8.20. The lowest BCUT2D eigenvalue weighted by Gasteiger charge is -2.34. The summed E-state index contributed by atoms with van der Waals surface area (Å²) in [5.41, 5.74) is 0.525. The molecule has 162 valence electrons. The molecule has 0 radical (unpaired) electrons. The fraction of sp³-hybridized carbons (Fsp3) is 0.429. The molecule has 9 heteroatoms. The zero-order chi connectivity index (χ0) is 21.5.